The van der Waals surface area contributed by atoms with Crippen molar-refractivity contribution in [3.8, 4) is 17.3 Å². The average molecular weight is 669 g/mol. The number of benzene rings is 2. The second-order valence-corrected chi connectivity index (χ2v) is 10.5. The van der Waals surface area contributed by atoms with Crippen LogP contribution in [0.15, 0.2) is 47.6 Å². The minimum atomic E-state index is -0.784. The van der Waals surface area contributed by atoms with Gasteiger partial charge >= 0.3 is 6.09 Å². The number of aromatic amines is 1. The smallest absolute Gasteiger partial charge is 0.411 e. The Morgan fingerprint density at radius 2 is 1.98 bits per heavy atom. The number of hydrazine groups is 1. The minimum Gasteiger partial charge on any atom is -0.447 e. The number of nitrogens with zero attached hydrogens (tertiary/aromatic N) is 4. The molecular formula is C31H38ClFN10O4. The van der Waals surface area contributed by atoms with Gasteiger partial charge in [-0.1, -0.05) is 36.6 Å². The Morgan fingerprint density at radius 1 is 1.21 bits per heavy atom. The zero-order valence-electron chi connectivity index (χ0n) is 26.1. The molecule has 1 aromatic heterocycles. The van der Waals surface area contributed by atoms with Gasteiger partial charge in [0.25, 0.3) is 0 Å². The van der Waals surface area contributed by atoms with Gasteiger partial charge in [0.1, 0.15) is 36.2 Å². The Balaban J connectivity index is 1.84. The first-order chi connectivity index (χ1) is 22.7. The van der Waals surface area contributed by atoms with Crippen molar-refractivity contribution < 1.29 is 23.5 Å². The predicted octanol–water partition coefficient (Wildman–Crippen LogP) is 4.17. The van der Waals surface area contributed by atoms with E-state index in [9.17, 15) is 19.2 Å². The summed E-state index contributed by atoms with van der Waals surface area (Å²) in [5, 5.41) is 22.7. The molecule has 0 bridgehead atoms. The molecule has 0 fully saturated rings. The zero-order valence-corrected chi connectivity index (χ0v) is 26.8. The topological polar surface area (TPSA) is 209 Å². The number of ether oxygens (including phenoxy) is 2. The molecule has 14 nitrogen and oxygen atoms in total. The number of hydrogen-bond donors (Lipinski definition) is 6. The van der Waals surface area contributed by atoms with Crippen LogP contribution in [0.2, 0.25) is 5.02 Å². The molecule has 0 radical (unpaired) electrons. The highest BCUT2D eigenvalue weighted by Crippen LogP contribution is 2.29. The van der Waals surface area contributed by atoms with E-state index in [-0.39, 0.29) is 35.2 Å². The van der Waals surface area contributed by atoms with E-state index in [1.807, 2.05) is 7.05 Å². The van der Waals surface area contributed by atoms with Gasteiger partial charge in [-0.15, -0.1) is 0 Å². The van der Waals surface area contributed by atoms with Crippen LogP contribution in [-0.4, -0.2) is 62.2 Å². The van der Waals surface area contributed by atoms with E-state index >= 15 is 0 Å². The number of nitrogens with one attached hydrogen (secondary N) is 4. The van der Waals surface area contributed by atoms with Gasteiger partial charge in [-0.05, 0) is 56.8 Å². The van der Waals surface area contributed by atoms with Crippen LogP contribution in [0.25, 0.3) is 17.3 Å². The SMILES string of the molecule is CNCCCCC[C@H](NC(=O)/C=C/c1c(N(N)/C=N\N)ccc(Cl)c1F)c1nc(-c2ccc(NC(=O)OCCOC)cc2)c(C#N)[nH]1. The number of rotatable bonds is 17. The number of amides is 2. The Labute approximate surface area is 276 Å². The van der Waals surface area contributed by atoms with E-state index in [2.05, 4.69) is 37.1 Å². The molecule has 0 aliphatic heterocycles. The van der Waals surface area contributed by atoms with E-state index in [0.29, 0.717) is 29.2 Å². The maximum absolute atomic E-state index is 15.0. The molecule has 0 saturated carbocycles. The Morgan fingerprint density at radius 3 is 2.66 bits per heavy atom. The number of carbonyl (C=O) groups excluding carboxylic acids is 2. The predicted molar refractivity (Wildman–Crippen MR) is 179 cm³/mol. The number of hydrazone groups is 1. The summed E-state index contributed by atoms with van der Waals surface area (Å²) in [6.07, 6.45) is 5.93. The van der Waals surface area contributed by atoms with Crippen molar-refractivity contribution >= 4 is 47.4 Å². The molecular weight excluding hydrogens is 631 g/mol. The van der Waals surface area contributed by atoms with E-state index in [0.717, 1.165) is 43.2 Å². The number of methoxy groups -OCH3 is 1. The molecule has 8 N–H and O–H groups in total. The molecule has 16 heteroatoms. The third-order valence-corrected chi connectivity index (χ3v) is 7.10. The van der Waals surface area contributed by atoms with E-state index in [1.165, 1.54) is 25.3 Å². The summed E-state index contributed by atoms with van der Waals surface area (Å²) in [7, 11) is 3.38. The van der Waals surface area contributed by atoms with Crippen molar-refractivity contribution in [1.82, 2.24) is 20.6 Å². The van der Waals surface area contributed by atoms with Gasteiger partial charge in [0.05, 0.1) is 23.4 Å². The van der Waals surface area contributed by atoms with Gasteiger partial charge in [0.15, 0.2) is 5.82 Å². The number of H-pyrrole nitrogens is 1. The quantitative estimate of drug-likeness (QED) is 0.0302. The highest BCUT2D eigenvalue weighted by molar-refractivity contribution is 6.31. The number of hydrogen-bond acceptors (Lipinski definition) is 10. The van der Waals surface area contributed by atoms with Crippen LogP contribution >= 0.6 is 11.6 Å². The van der Waals surface area contributed by atoms with Gasteiger partial charge < -0.3 is 30.9 Å². The molecule has 0 aliphatic carbocycles. The lowest BCUT2D eigenvalue weighted by molar-refractivity contribution is -0.117. The summed E-state index contributed by atoms with van der Waals surface area (Å²) in [6.45, 7) is 1.23. The van der Waals surface area contributed by atoms with E-state index in [1.54, 1.807) is 24.3 Å². The molecule has 0 unspecified atom stereocenters. The Hall–Kier alpha value is -5.01. The fraction of sp³-hybridized carbons (Fsp3) is 0.323. The summed E-state index contributed by atoms with van der Waals surface area (Å²) in [5.41, 5.74) is 1.78. The van der Waals surface area contributed by atoms with Crippen LogP contribution in [0.5, 0.6) is 0 Å². The lowest BCUT2D eigenvalue weighted by Crippen LogP contribution is -2.30. The van der Waals surface area contributed by atoms with Crippen molar-refractivity contribution in [3.05, 3.63) is 70.4 Å². The van der Waals surface area contributed by atoms with Crippen molar-refractivity contribution in [1.29, 1.82) is 5.26 Å². The van der Waals surface area contributed by atoms with Gasteiger partial charge in [0, 0.05) is 30.0 Å². The number of anilines is 2. The van der Waals surface area contributed by atoms with Crippen LogP contribution in [0, 0.1) is 17.1 Å². The van der Waals surface area contributed by atoms with Crippen LogP contribution in [-0.2, 0) is 14.3 Å². The van der Waals surface area contributed by atoms with Crippen molar-refractivity contribution in [3.63, 3.8) is 0 Å². The van der Waals surface area contributed by atoms with Crippen LogP contribution in [0.3, 0.4) is 0 Å². The molecule has 47 heavy (non-hydrogen) atoms. The van der Waals surface area contributed by atoms with Gasteiger partial charge in [0.2, 0.25) is 5.91 Å². The molecule has 0 spiro atoms. The van der Waals surface area contributed by atoms with Crippen molar-refractivity contribution in [2.75, 3.05) is 44.2 Å². The summed E-state index contributed by atoms with van der Waals surface area (Å²) in [5.74, 6) is 10.1. The first-order valence-corrected chi connectivity index (χ1v) is 15.0. The maximum Gasteiger partial charge on any atom is 0.411 e. The number of aromatic nitrogens is 2. The Bertz CT molecular complexity index is 1590. The summed E-state index contributed by atoms with van der Waals surface area (Å²) >= 11 is 5.98. The van der Waals surface area contributed by atoms with Crippen molar-refractivity contribution in [2.24, 2.45) is 16.8 Å². The standard InChI is InChI=1S/C31H38ClFN10O4/c1-37-15-5-3-4-6-24(40-27(44)14-11-22-26(43(36)19-38-35)13-12-23(32)28(22)33)30-41-25(18-34)29(42-30)20-7-9-21(10-8-20)39-31(45)47-17-16-46-2/h7-14,19,24,37H,3-6,15-17,35-36H2,1-2H3,(H,39,45)(H,40,44)(H,41,42)/b14-11+,38-19-/t24-/m0/s1. The Kier molecular flexibility index (Phi) is 14.6. The maximum atomic E-state index is 15.0. The van der Waals surface area contributed by atoms with E-state index in [4.69, 9.17) is 32.8 Å². The third-order valence-electron chi connectivity index (χ3n) is 6.81. The molecule has 3 aromatic rings. The second-order valence-electron chi connectivity index (χ2n) is 10.1. The monoisotopic (exact) mass is 668 g/mol. The van der Waals surface area contributed by atoms with Gasteiger partial charge in [-0.25, -0.2) is 20.0 Å². The lowest BCUT2D eigenvalue weighted by atomic mass is 10.1. The fourth-order valence-electron chi connectivity index (χ4n) is 4.49. The summed E-state index contributed by atoms with van der Waals surface area (Å²) in [4.78, 5) is 32.8. The molecule has 0 saturated heterocycles. The molecule has 1 heterocycles. The number of unbranched alkanes of at least 4 members (excludes halogenated alkanes) is 2. The first-order valence-electron chi connectivity index (χ1n) is 14.6. The number of halogens is 2. The molecule has 250 valence electrons. The van der Waals surface area contributed by atoms with Crippen LogP contribution < -0.4 is 32.6 Å². The normalized spacial score (nSPS) is 11.8. The van der Waals surface area contributed by atoms with Gasteiger partial charge in [-0.3, -0.25) is 15.1 Å². The molecule has 0 aliphatic rings. The zero-order chi connectivity index (χ0) is 34.2. The number of carbonyl (C=O) groups is 2. The third kappa shape index (κ3) is 10.8. The van der Waals surface area contributed by atoms with E-state index < -0.39 is 23.9 Å². The molecule has 2 aromatic carbocycles. The number of nitrogens with two attached hydrogens (primary N) is 2. The fourth-order valence-corrected chi connectivity index (χ4v) is 4.65. The average Bonchev–Trinajstić information content (AvgIpc) is 3.50. The van der Waals surface area contributed by atoms with Crippen LogP contribution in [0.1, 0.15) is 48.8 Å². The second kappa shape index (κ2) is 18.8. The van der Waals surface area contributed by atoms with Crippen molar-refractivity contribution in [2.45, 2.75) is 31.7 Å². The number of imidazole rings is 1. The number of nitriles is 1. The molecule has 3 rings (SSSR count). The minimum absolute atomic E-state index is 0.0492. The van der Waals surface area contributed by atoms with Gasteiger partial charge in [-0.2, -0.15) is 10.4 Å². The largest absolute Gasteiger partial charge is 0.447 e. The lowest BCUT2D eigenvalue weighted by Gasteiger charge is -2.17. The molecule has 1 atom stereocenters. The van der Waals surface area contributed by atoms with Crippen LogP contribution in [0.4, 0.5) is 20.6 Å². The first kappa shape index (κ1) is 36.5. The molecule has 2 amide bonds. The summed E-state index contributed by atoms with van der Waals surface area (Å²) in [6, 6.07) is 11.0. The summed E-state index contributed by atoms with van der Waals surface area (Å²) < 4.78 is 24.8. The highest BCUT2D eigenvalue weighted by atomic mass is 35.5. The highest BCUT2D eigenvalue weighted by Gasteiger charge is 2.21.